The SMILES string of the molecule is CCOC(=O)c1sc(-c2ccc(OC)cc2)cc1NC(=O)c1ccc(CNC(C)=O)cc1. The van der Waals surface area contributed by atoms with Gasteiger partial charge in [-0.05, 0) is 60.5 Å². The fourth-order valence-electron chi connectivity index (χ4n) is 2.92. The van der Waals surface area contributed by atoms with Crippen molar-refractivity contribution in [3.63, 3.8) is 0 Å². The first-order valence-corrected chi connectivity index (χ1v) is 10.8. The van der Waals surface area contributed by atoms with Crippen LogP contribution in [0.1, 0.15) is 39.4 Å². The highest BCUT2D eigenvalue weighted by molar-refractivity contribution is 7.18. The standard InChI is InChI=1S/C24H24N2O5S/c1-4-31-24(29)22-20(13-21(32-22)17-9-11-19(30-3)12-10-17)26-23(28)18-7-5-16(6-8-18)14-25-15(2)27/h5-13H,4,14H2,1-3H3,(H,25,27)(H,26,28). The molecule has 0 aliphatic rings. The average Bonchev–Trinajstić information content (AvgIpc) is 3.22. The zero-order valence-corrected chi connectivity index (χ0v) is 18.9. The lowest BCUT2D eigenvalue weighted by atomic mass is 10.1. The average molecular weight is 453 g/mol. The Kier molecular flexibility index (Phi) is 7.62. The number of thiophene rings is 1. The molecule has 2 amide bonds. The van der Waals surface area contributed by atoms with Crippen LogP contribution in [0.5, 0.6) is 5.75 Å². The Morgan fingerprint density at radius 3 is 2.28 bits per heavy atom. The summed E-state index contributed by atoms with van der Waals surface area (Å²) in [6, 6.07) is 16.1. The Morgan fingerprint density at radius 2 is 1.69 bits per heavy atom. The fraction of sp³-hybridized carbons (Fsp3) is 0.208. The minimum Gasteiger partial charge on any atom is -0.497 e. The Bertz CT molecular complexity index is 1100. The number of esters is 1. The number of benzene rings is 2. The first-order chi connectivity index (χ1) is 15.4. The van der Waals surface area contributed by atoms with Crippen LogP contribution < -0.4 is 15.4 Å². The molecule has 7 nitrogen and oxygen atoms in total. The van der Waals surface area contributed by atoms with E-state index in [4.69, 9.17) is 9.47 Å². The molecule has 2 aromatic carbocycles. The van der Waals surface area contributed by atoms with Crippen molar-refractivity contribution in [1.29, 1.82) is 0 Å². The van der Waals surface area contributed by atoms with Gasteiger partial charge in [-0.25, -0.2) is 4.79 Å². The topological polar surface area (TPSA) is 93.7 Å². The number of anilines is 1. The van der Waals surface area contributed by atoms with E-state index in [0.29, 0.717) is 22.7 Å². The summed E-state index contributed by atoms with van der Waals surface area (Å²) in [7, 11) is 1.60. The number of ether oxygens (including phenoxy) is 2. The molecular weight excluding hydrogens is 428 g/mol. The number of carbonyl (C=O) groups is 3. The second kappa shape index (κ2) is 10.6. The summed E-state index contributed by atoms with van der Waals surface area (Å²) in [6.45, 7) is 3.80. The summed E-state index contributed by atoms with van der Waals surface area (Å²) in [5.41, 5.74) is 2.60. The maximum absolute atomic E-state index is 12.8. The van der Waals surface area contributed by atoms with Gasteiger partial charge in [-0.15, -0.1) is 11.3 Å². The minimum atomic E-state index is -0.488. The van der Waals surface area contributed by atoms with Crippen molar-refractivity contribution in [3.8, 4) is 16.2 Å². The van der Waals surface area contributed by atoms with Gasteiger partial charge >= 0.3 is 5.97 Å². The van der Waals surface area contributed by atoms with Crippen LogP contribution >= 0.6 is 11.3 Å². The van der Waals surface area contributed by atoms with Crippen molar-refractivity contribution in [2.75, 3.05) is 19.0 Å². The van der Waals surface area contributed by atoms with Crippen molar-refractivity contribution in [1.82, 2.24) is 5.32 Å². The van der Waals surface area contributed by atoms with Crippen LogP contribution in [-0.2, 0) is 16.1 Å². The molecule has 166 valence electrons. The maximum Gasteiger partial charge on any atom is 0.350 e. The molecule has 3 rings (SSSR count). The lowest BCUT2D eigenvalue weighted by Gasteiger charge is -2.07. The van der Waals surface area contributed by atoms with E-state index in [0.717, 1.165) is 21.8 Å². The summed E-state index contributed by atoms with van der Waals surface area (Å²) in [5.74, 6) is -0.228. The van der Waals surface area contributed by atoms with Crippen molar-refractivity contribution in [3.05, 3.63) is 70.6 Å². The van der Waals surface area contributed by atoms with Crippen LogP contribution in [0.2, 0.25) is 0 Å². The minimum absolute atomic E-state index is 0.122. The highest BCUT2D eigenvalue weighted by atomic mass is 32.1. The normalized spacial score (nSPS) is 10.3. The molecule has 3 aromatic rings. The van der Waals surface area contributed by atoms with Gasteiger partial charge in [0.15, 0.2) is 0 Å². The summed E-state index contributed by atoms with van der Waals surface area (Å²) in [5, 5.41) is 5.54. The van der Waals surface area contributed by atoms with Gasteiger partial charge in [-0.1, -0.05) is 12.1 Å². The fourth-order valence-corrected chi connectivity index (χ4v) is 3.94. The number of hydrogen-bond donors (Lipinski definition) is 2. The molecule has 0 aliphatic heterocycles. The van der Waals surface area contributed by atoms with Crippen LogP contribution in [0.3, 0.4) is 0 Å². The third-order valence-corrected chi connectivity index (χ3v) is 5.74. The molecule has 0 saturated carbocycles. The number of hydrogen-bond acceptors (Lipinski definition) is 6. The number of nitrogens with one attached hydrogen (secondary N) is 2. The molecular formula is C24H24N2O5S. The van der Waals surface area contributed by atoms with E-state index in [1.807, 2.05) is 24.3 Å². The molecule has 0 fully saturated rings. The second-order valence-electron chi connectivity index (χ2n) is 6.86. The highest BCUT2D eigenvalue weighted by Crippen LogP contribution is 2.36. The molecule has 0 radical (unpaired) electrons. The summed E-state index contributed by atoms with van der Waals surface area (Å²) in [6.07, 6.45) is 0. The zero-order chi connectivity index (χ0) is 23.1. The largest absolute Gasteiger partial charge is 0.497 e. The van der Waals surface area contributed by atoms with E-state index in [2.05, 4.69) is 10.6 Å². The van der Waals surface area contributed by atoms with E-state index >= 15 is 0 Å². The van der Waals surface area contributed by atoms with Crippen LogP contribution in [0.25, 0.3) is 10.4 Å². The molecule has 0 bridgehead atoms. The van der Waals surface area contributed by atoms with Crippen LogP contribution in [0, 0.1) is 0 Å². The predicted octanol–water partition coefficient (Wildman–Crippen LogP) is 4.49. The predicted molar refractivity (Wildman–Crippen MR) is 124 cm³/mol. The lowest BCUT2D eigenvalue weighted by Crippen LogP contribution is -2.19. The molecule has 0 saturated heterocycles. The van der Waals surface area contributed by atoms with Crippen LogP contribution in [-0.4, -0.2) is 31.5 Å². The third-order valence-electron chi connectivity index (χ3n) is 4.57. The van der Waals surface area contributed by atoms with Gasteiger partial charge in [0.2, 0.25) is 5.91 Å². The smallest absolute Gasteiger partial charge is 0.350 e. The number of carbonyl (C=O) groups excluding carboxylic acids is 3. The van der Waals surface area contributed by atoms with Gasteiger partial charge in [-0.2, -0.15) is 0 Å². The molecule has 32 heavy (non-hydrogen) atoms. The summed E-state index contributed by atoms with van der Waals surface area (Å²) >= 11 is 1.25. The van der Waals surface area contributed by atoms with Gasteiger partial charge in [0.05, 0.1) is 19.4 Å². The van der Waals surface area contributed by atoms with Gasteiger partial charge in [0, 0.05) is 23.9 Å². The number of rotatable bonds is 8. The van der Waals surface area contributed by atoms with Crippen molar-refractivity contribution in [2.24, 2.45) is 0 Å². The molecule has 1 aromatic heterocycles. The number of methoxy groups -OCH3 is 1. The molecule has 0 spiro atoms. The van der Waals surface area contributed by atoms with Crippen LogP contribution in [0.15, 0.2) is 54.6 Å². The van der Waals surface area contributed by atoms with Crippen molar-refractivity contribution < 1.29 is 23.9 Å². The first kappa shape index (κ1) is 23.0. The molecule has 0 unspecified atom stereocenters. The summed E-state index contributed by atoms with van der Waals surface area (Å²) < 4.78 is 10.4. The summed E-state index contributed by atoms with van der Waals surface area (Å²) in [4.78, 5) is 37.5. The van der Waals surface area contributed by atoms with Crippen molar-refractivity contribution >= 4 is 34.8 Å². The first-order valence-electron chi connectivity index (χ1n) is 10.0. The van der Waals surface area contributed by atoms with Gasteiger partial charge < -0.3 is 20.1 Å². The van der Waals surface area contributed by atoms with E-state index in [-0.39, 0.29) is 18.4 Å². The lowest BCUT2D eigenvalue weighted by molar-refractivity contribution is -0.119. The van der Waals surface area contributed by atoms with E-state index < -0.39 is 5.97 Å². The van der Waals surface area contributed by atoms with Crippen molar-refractivity contribution in [2.45, 2.75) is 20.4 Å². The highest BCUT2D eigenvalue weighted by Gasteiger charge is 2.20. The monoisotopic (exact) mass is 452 g/mol. The quantitative estimate of drug-likeness (QED) is 0.491. The zero-order valence-electron chi connectivity index (χ0n) is 18.1. The molecule has 1 heterocycles. The van der Waals surface area contributed by atoms with E-state index in [1.165, 1.54) is 18.3 Å². The molecule has 8 heteroatoms. The Labute approximate surface area is 190 Å². The van der Waals surface area contributed by atoms with Gasteiger partial charge in [-0.3, -0.25) is 9.59 Å². The Morgan fingerprint density at radius 1 is 1.00 bits per heavy atom. The van der Waals surface area contributed by atoms with Gasteiger partial charge in [0.25, 0.3) is 5.91 Å². The second-order valence-corrected chi connectivity index (χ2v) is 7.92. The number of amides is 2. The van der Waals surface area contributed by atoms with E-state index in [1.54, 1.807) is 44.4 Å². The third kappa shape index (κ3) is 5.73. The van der Waals surface area contributed by atoms with Crippen LogP contribution in [0.4, 0.5) is 5.69 Å². The van der Waals surface area contributed by atoms with E-state index in [9.17, 15) is 14.4 Å². The maximum atomic E-state index is 12.8. The Hall–Kier alpha value is -3.65. The van der Waals surface area contributed by atoms with Gasteiger partial charge in [0.1, 0.15) is 10.6 Å². The molecule has 0 aliphatic carbocycles. The molecule has 0 atom stereocenters. The Balaban J connectivity index is 1.83. The molecule has 2 N–H and O–H groups in total.